The Morgan fingerprint density at radius 3 is 2.72 bits per heavy atom. The summed E-state index contributed by atoms with van der Waals surface area (Å²) in [5.41, 5.74) is 1.16. The second-order valence-corrected chi connectivity index (χ2v) is 7.18. The smallest absolute Gasteiger partial charge is 0.344 e. The van der Waals surface area contributed by atoms with Crippen LogP contribution in [0.4, 0.5) is 10.5 Å². The van der Waals surface area contributed by atoms with Gasteiger partial charge in [0, 0.05) is 5.02 Å². The van der Waals surface area contributed by atoms with Crippen molar-refractivity contribution in [3.63, 3.8) is 0 Å². The maximum atomic E-state index is 12.7. The van der Waals surface area contributed by atoms with Crippen LogP contribution in [0.25, 0.3) is 6.08 Å². The van der Waals surface area contributed by atoms with Crippen LogP contribution >= 0.6 is 27.5 Å². The minimum absolute atomic E-state index is 0.127. The molecule has 7 nitrogen and oxygen atoms in total. The molecule has 3 rings (SSSR count). The summed E-state index contributed by atoms with van der Waals surface area (Å²) in [6, 6.07) is 11.0. The van der Waals surface area contributed by atoms with E-state index in [0.29, 0.717) is 26.5 Å². The minimum Gasteiger partial charge on any atom is -0.481 e. The highest BCUT2D eigenvalue weighted by Crippen LogP contribution is 2.28. The second-order valence-electron chi connectivity index (χ2n) is 5.89. The molecule has 0 unspecified atom stereocenters. The van der Waals surface area contributed by atoms with Crippen LogP contribution in [0.2, 0.25) is 5.02 Å². The van der Waals surface area contributed by atoms with Crippen molar-refractivity contribution in [2.75, 3.05) is 18.1 Å². The van der Waals surface area contributed by atoms with Gasteiger partial charge in [-0.2, -0.15) is 0 Å². The van der Waals surface area contributed by atoms with Crippen molar-refractivity contribution < 1.29 is 23.9 Å². The number of imide groups is 1. The molecule has 1 heterocycles. The maximum Gasteiger partial charge on any atom is 0.344 e. The lowest BCUT2D eigenvalue weighted by atomic mass is 10.2. The van der Waals surface area contributed by atoms with E-state index in [4.69, 9.17) is 21.1 Å². The third kappa shape index (κ3) is 4.96. The van der Waals surface area contributed by atoms with Gasteiger partial charge in [0.15, 0.2) is 6.61 Å². The Labute approximate surface area is 180 Å². The Morgan fingerprint density at radius 1 is 1.24 bits per heavy atom. The molecular formula is C20H16BrClN2O5. The van der Waals surface area contributed by atoms with E-state index >= 15 is 0 Å². The van der Waals surface area contributed by atoms with Crippen LogP contribution in [0.3, 0.4) is 0 Å². The van der Waals surface area contributed by atoms with E-state index in [1.54, 1.807) is 49.4 Å². The number of hydrogen-bond donors (Lipinski definition) is 1. The summed E-state index contributed by atoms with van der Waals surface area (Å²) in [5.74, 6) is -0.510. The molecule has 2 aromatic rings. The Balaban J connectivity index is 1.76. The van der Waals surface area contributed by atoms with E-state index < -0.39 is 17.9 Å². The van der Waals surface area contributed by atoms with Gasteiger partial charge in [-0.15, -0.1) is 0 Å². The number of carbonyl (C=O) groups excluding carboxylic acids is 3. The van der Waals surface area contributed by atoms with E-state index in [0.717, 1.165) is 4.90 Å². The van der Waals surface area contributed by atoms with E-state index in [1.807, 2.05) is 0 Å². The predicted octanol–water partition coefficient (Wildman–Crippen LogP) is 4.14. The third-order valence-corrected chi connectivity index (χ3v) is 4.72. The summed E-state index contributed by atoms with van der Waals surface area (Å²) >= 11 is 9.31. The number of amides is 3. The number of benzene rings is 2. The Hall–Kier alpha value is -2.84. The normalized spacial score (nSPS) is 14.9. The summed E-state index contributed by atoms with van der Waals surface area (Å²) in [6.07, 6.45) is 1.55. The van der Waals surface area contributed by atoms with Crippen LogP contribution in [0.1, 0.15) is 12.5 Å². The van der Waals surface area contributed by atoms with Gasteiger partial charge in [0.05, 0.1) is 16.8 Å². The fourth-order valence-electron chi connectivity index (χ4n) is 2.61. The molecule has 0 bridgehead atoms. The molecule has 0 spiro atoms. The highest BCUT2D eigenvalue weighted by atomic mass is 79.9. The number of carbonyl (C=O) groups is 3. The number of hydrogen-bond acceptors (Lipinski definition) is 5. The highest BCUT2D eigenvalue weighted by Gasteiger charge is 2.34. The van der Waals surface area contributed by atoms with Crippen molar-refractivity contribution in [3.8, 4) is 5.75 Å². The van der Waals surface area contributed by atoms with Crippen molar-refractivity contribution >= 4 is 57.2 Å². The van der Waals surface area contributed by atoms with Gasteiger partial charge in [0.2, 0.25) is 0 Å². The van der Waals surface area contributed by atoms with E-state index in [1.165, 1.54) is 6.07 Å². The fourth-order valence-corrected chi connectivity index (χ4v) is 3.31. The summed E-state index contributed by atoms with van der Waals surface area (Å²) in [7, 11) is 0. The van der Waals surface area contributed by atoms with Crippen molar-refractivity contribution in [1.82, 2.24) is 5.32 Å². The van der Waals surface area contributed by atoms with Crippen molar-refractivity contribution in [3.05, 3.63) is 63.2 Å². The number of urea groups is 1. The summed E-state index contributed by atoms with van der Waals surface area (Å²) in [5, 5.41) is 2.98. The van der Waals surface area contributed by atoms with Gasteiger partial charge in [-0.05, 0) is 64.8 Å². The number of nitrogens with zero attached hydrogens (tertiary/aromatic N) is 1. The summed E-state index contributed by atoms with van der Waals surface area (Å²) in [6.45, 7) is 1.78. The molecule has 1 saturated heterocycles. The number of esters is 1. The summed E-state index contributed by atoms with van der Waals surface area (Å²) in [4.78, 5) is 37.3. The minimum atomic E-state index is -0.558. The zero-order valence-electron chi connectivity index (χ0n) is 15.3. The molecule has 2 aromatic carbocycles. The number of rotatable bonds is 6. The highest BCUT2D eigenvalue weighted by molar-refractivity contribution is 9.10. The Kier molecular flexibility index (Phi) is 6.56. The molecule has 3 amide bonds. The van der Waals surface area contributed by atoms with Crippen LogP contribution in [0, 0.1) is 0 Å². The number of halogens is 2. The number of nitrogens with one attached hydrogen (secondary N) is 1. The first-order chi connectivity index (χ1) is 13.9. The van der Waals surface area contributed by atoms with Crippen LogP contribution in [-0.4, -0.2) is 31.1 Å². The van der Waals surface area contributed by atoms with Gasteiger partial charge in [-0.25, -0.2) is 14.5 Å². The standard InChI is InChI=1S/C20H16BrClN2O5/c1-2-28-18(25)11-29-17-7-6-12(8-15(17)21)9-16-19(26)24(20(27)23-16)14-5-3-4-13(22)10-14/h3-10H,2,11H2,1H3,(H,23,27)/b16-9-. The molecule has 0 atom stereocenters. The van der Waals surface area contributed by atoms with E-state index in [9.17, 15) is 14.4 Å². The molecule has 0 radical (unpaired) electrons. The van der Waals surface area contributed by atoms with Crippen molar-refractivity contribution in [1.29, 1.82) is 0 Å². The zero-order chi connectivity index (χ0) is 21.0. The largest absolute Gasteiger partial charge is 0.481 e. The van der Waals surface area contributed by atoms with Crippen LogP contribution in [-0.2, 0) is 14.3 Å². The molecule has 1 aliphatic rings. The van der Waals surface area contributed by atoms with Gasteiger partial charge >= 0.3 is 12.0 Å². The molecule has 9 heteroatoms. The average Bonchev–Trinajstić information content (AvgIpc) is 2.94. The van der Waals surface area contributed by atoms with Gasteiger partial charge in [0.1, 0.15) is 11.4 Å². The Bertz CT molecular complexity index is 1010. The third-order valence-electron chi connectivity index (χ3n) is 3.86. The Morgan fingerprint density at radius 2 is 2.03 bits per heavy atom. The van der Waals surface area contributed by atoms with Crippen LogP contribution in [0.5, 0.6) is 5.75 Å². The molecule has 0 saturated carbocycles. The first-order valence-electron chi connectivity index (χ1n) is 8.59. The topological polar surface area (TPSA) is 84.9 Å². The molecule has 29 heavy (non-hydrogen) atoms. The van der Waals surface area contributed by atoms with Gasteiger partial charge in [-0.1, -0.05) is 23.7 Å². The molecule has 150 valence electrons. The number of ether oxygens (including phenoxy) is 2. The second kappa shape index (κ2) is 9.11. The monoisotopic (exact) mass is 478 g/mol. The first-order valence-corrected chi connectivity index (χ1v) is 9.77. The van der Waals surface area contributed by atoms with Gasteiger partial charge in [-0.3, -0.25) is 4.79 Å². The lowest BCUT2D eigenvalue weighted by Gasteiger charge is -2.11. The van der Waals surface area contributed by atoms with Gasteiger partial charge < -0.3 is 14.8 Å². The summed E-state index contributed by atoms with van der Waals surface area (Å²) < 4.78 is 10.8. The first kappa shape index (κ1) is 20.9. The average molecular weight is 480 g/mol. The van der Waals surface area contributed by atoms with Crippen LogP contribution in [0.15, 0.2) is 52.6 Å². The molecule has 1 N–H and O–H groups in total. The SMILES string of the molecule is CCOC(=O)COc1ccc(/C=C2\NC(=O)N(c3cccc(Cl)c3)C2=O)cc1Br. The van der Waals surface area contributed by atoms with Crippen molar-refractivity contribution in [2.24, 2.45) is 0 Å². The molecule has 0 aromatic heterocycles. The number of anilines is 1. The molecule has 0 aliphatic carbocycles. The molecule has 1 aliphatic heterocycles. The lowest BCUT2D eigenvalue weighted by Crippen LogP contribution is -2.30. The molecular weight excluding hydrogens is 464 g/mol. The van der Waals surface area contributed by atoms with Crippen molar-refractivity contribution in [2.45, 2.75) is 6.92 Å². The zero-order valence-corrected chi connectivity index (χ0v) is 17.6. The molecule has 1 fully saturated rings. The van der Waals surface area contributed by atoms with E-state index in [2.05, 4.69) is 21.2 Å². The van der Waals surface area contributed by atoms with E-state index in [-0.39, 0.29) is 18.9 Å². The fraction of sp³-hybridized carbons (Fsp3) is 0.150. The quantitative estimate of drug-likeness (QED) is 0.382. The maximum absolute atomic E-state index is 12.7. The predicted molar refractivity (Wildman–Crippen MR) is 112 cm³/mol. The van der Waals surface area contributed by atoms with Gasteiger partial charge in [0.25, 0.3) is 5.91 Å². The lowest BCUT2D eigenvalue weighted by molar-refractivity contribution is -0.145. The van der Waals surface area contributed by atoms with Crippen LogP contribution < -0.4 is 15.0 Å².